The van der Waals surface area contributed by atoms with Crippen LogP contribution in [0, 0.1) is 19.8 Å². The largest absolute Gasteiger partial charge is 0.147 e. The summed E-state index contributed by atoms with van der Waals surface area (Å²) in [6.07, 6.45) is 5.17. The van der Waals surface area contributed by atoms with E-state index in [1.54, 1.807) is 22.3 Å². The van der Waals surface area contributed by atoms with E-state index in [1.165, 1.54) is 55.3 Å². The van der Waals surface area contributed by atoms with Gasteiger partial charge in [0.2, 0.25) is 0 Å². The summed E-state index contributed by atoms with van der Waals surface area (Å²) in [5, 5.41) is 2.64. The van der Waals surface area contributed by atoms with Crippen molar-refractivity contribution in [3.05, 3.63) is 142 Å². The van der Waals surface area contributed by atoms with Gasteiger partial charge in [-0.25, -0.2) is 0 Å². The van der Waals surface area contributed by atoms with Crippen LogP contribution in [0.15, 0.2) is 108 Å². The van der Waals surface area contributed by atoms with Gasteiger partial charge < -0.3 is 0 Å². The third-order valence-electron chi connectivity index (χ3n) is 10.8. The van der Waals surface area contributed by atoms with Crippen LogP contribution in [0.1, 0.15) is 61.4 Å². The summed E-state index contributed by atoms with van der Waals surface area (Å²) in [5.41, 5.74) is 17.6. The Hall–Kier alpha value is -2.48. The van der Waals surface area contributed by atoms with Crippen molar-refractivity contribution in [2.45, 2.75) is 51.1 Å². The van der Waals surface area contributed by atoms with Crippen LogP contribution in [0.4, 0.5) is 0 Å². The van der Waals surface area contributed by atoms with Crippen LogP contribution >= 0.6 is 24.8 Å². The number of hydrogen-bond donors (Lipinski definition) is 0. The van der Waals surface area contributed by atoms with E-state index in [2.05, 4.69) is 160 Å². The van der Waals surface area contributed by atoms with E-state index in [0.29, 0.717) is 13.2 Å². The van der Waals surface area contributed by atoms with Crippen molar-refractivity contribution in [2.24, 2.45) is 5.92 Å². The standard InChI is InChI=1S/C22H19.C18H17.2CH3.2ClH.H2Si.Zr/c1-15(2)18-13-17-9-6-12-21(22(17)14-18)20-11-5-8-16-7-3-4-10-19(16)20;1-12-10-17-14(3)8-9-16(18(17)11-12)15-7-5-4-6-13(15)2;;;;;;/h3-15H,1-2H3;4-11H,1-3H3;2*1H3;2*1H;1H2;. The molecule has 2 aliphatic carbocycles. The fourth-order valence-electron chi connectivity index (χ4n) is 9.00. The van der Waals surface area contributed by atoms with E-state index < -0.39 is 17.4 Å². The minimum Gasteiger partial charge on any atom is -0.147 e. The van der Waals surface area contributed by atoms with E-state index >= 15 is 0 Å². The maximum Gasteiger partial charge on any atom is -0.147 e. The number of rotatable bonds is 5. The van der Waals surface area contributed by atoms with Gasteiger partial charge in [0.15, 0.2) is 0 Å². The summed E-state index contributed by atoms with van der Waals surface area (Å²) >= 11 is -3.71. The Kier molecular flexibility index (Phi) is 9.48. The van der Waals surface area contributed by atoms with Gasteiger partial charge in [-0.1, -0.05) is 0 Å². The number of fused-ring (bicyclic) bond motifs is 3. The first-order valence-electron chi connectivity index (χ1n) is 16.2. The molecule has 0 saturated heterocycles. The second kappa shape index (κ2) is 12.5. The molecule has 0 fully saturated rings. The molecule has 0 aromatic heterocycles. The maximum atomic E-state index is 2.78. The Bertz CT molecular complexity index is 2120. The van der Waals surface area contributed by atoms with Crippen molar-refractivity contribution >= 4 is 54.6 Å². The molecule has 4 heteroatoms. The van der Waals surface area contributed by atoms with Gasteiger partial charge in [-0.3, -0.25) is 0 Å². The van der Waals surface area contributed by atoms with Gasteiger partial charge in [-0.15, -0.1) is 24.8 Å². The van der Waals surface area contributed by atoms with Gasteiger partial charge in [0.1, 0.15) is 0 Å². The molecule has 0 saturated carbocycles. The number of halogens is 2. The zero-order valence-corrected chi connectivity index (χ0v) is 33.7. The van der Waals surface area contributed by atoms with Gasteiger partial charge in [0, 0.05) is 0 Å². The molecular weight excluding hydrogens is 695 g/mol. The predicted molar refractivity (Wildman–Crippen MR) is 207 cm³/mol. The topological polar surface area (TPSA) is 0 Å². The minimum atomic E-state index is -3.71. The van der Waals surface area contributed by atoms with Gasteiger partial charge >= 0.3 is 268 Å². The molecular formula is C42H46Cl2SiZr. The van der Waals surface area contributed by atoms with Crippen molar-refractivity contribution in [2.75, 3.05) is 0 Å². The summed E-state index contributed by atoms with van der Waals surface area (Å²) in [5.74, 6) is 0.495. The molecule has 5 aromatic carbocycles. The number of benzene rings is 5. The van der Waals surface area contributed by atoms with Gasteiger partial charge in [0.25, 0.3) is 0 Å². The smallest absolute Gasteiger partial charge is 0.147 e. The summed E-state index contributed by atoms with van der Waals surface area (Å²) in [6.45, 7) is 14.3. The van der Waals surface area contributed by atoms with Crippen LogP contribution in [0.3, 0.4) is 0 Å². The maximum absolute atomic E-state index is 3.71. The molecule has 46 heavy (non-hydrogen) atoms. The second-order valence-electron chi connectivity index (χ2n) is 14.9. The quantitative estimate of drug-likeness (QED) is 0.157. The van der Waals surface area contributed by atoms with Crippen molar-refractivity contribution in [1.82, 2.24) is 0 Å². The van der Waals surface area contributed by atoms with E-state index in [9.17, 15) is 0 Å². The molecule has 2 atom stereocenters. The molecule has 236 valence electrons. The van der Waals surface area contributed by atoms with Gasteiger partial charge in [-0.05, 0) is 0 Å². The Morgan fingerprint density at radius 1 is 0.587 bits per heavy atom. The van der Waals surface area contributed by atoms with E-state index in [4.69, 9.17) is 0 Å². The SMILES string of the molecule is CC1=Cc2c(-c3ccccc3C)ccc(C)c2[CH]1[Zr]([CH3])([CH3])(=[SiH2])[CH]1C(C(C)C)=Cc2c(-c3cccc4ccccc34)cccc21.Cl.Cl. The molecule has 0 bridgehead atoms. The zero-order valence-electron chi connectivity index (χ0n) is 28.1. The molecule has 5 aromatic rings. The van der Waals surface area contributed by atoms with E-state index in [0.717, 1.165) is 0 Å². The molecule has 0 spiro atoms. The second-order valence-corrected chi connectivity index (χ2v) is 45.4. The first kappa shape index (κ1) is 34.8. The number of allylic oxidation sites excluding steroid dienone is 2. The van der Waals surface area contributed by atoms with Crippen molar-refractivity contribution < 1.29 is 17.4 Å². The fraction of sp³-hybridized carbons (Fsp3) is 0.238. The van der Waals surface area contributed by atoms with Crippen LogP contribution in [0.25, 0.3) is 45.2 Å². The van der Waals surface area contributed by atoms with E-state index in [-0.39, 0.29) is 24.8 Å². The molecule has 2 aliphatic rings. The summed E-state index contributed by atoms with van der Waals surface area (Å²) in [6, 6.07) is 36.5. The fourth-order valence-corrected chi connectivity index (χ4v) is 29.6. The van der Waals surface area contributed by atoms with Crippen LogP contribution in [-0.2, 0) is 17.4 Å². The first-order valence-corrected chi connectivity index (χ1v) is 29.9. The summed E-state index contributed by atoms with van der Waals surface area (Å²) < 4.78 is 6.56. The molecule has 0 radical (unpaired) electrons. The zero-order chi connectivity index (χ0) is 31.0. The van der Waals surface area contributed by atoms with Crippen molar-refractivity contribution in [3.8, 4) is 22.3 Å². The third-order valence-corrected chi connectivity index (χ3v) is 28.4. The van der Waals surface area contributed by atoms with Gasteiger partial charge in [0.05, 0.1) is 0 Å². The average Bonchev–Trinajstić information content (AvgIpc) is 3.58. The summed E-state index contributed by atoms with van der Waals surface area (Å²) in [7, 11) is 0. The van der Waals surface area contributed by atoms with Crippen molar-refractivity contribution in [3.63, 3.8) is 0 Å². The molecule has 0 aliphatic heterocycles. The molecule has 0 N–H and O–H groups in total. The van der Waals surface area contributed by atoms with Crippen molar-refractivity contribution in [1.29, 1.82) is 0 Å². The Morgan fingerprint density at radius 3 is 1.93 bits per heavy atom. The minimum absolute atomic E-state index is 0. The van der Waals surface area contributed by atoms with Crippen LogP contribution in [-0.4, -0.2) is 6.88 Å². The molecule has 0 amide bonds. The number of hydrogen-bond acceptors (Lipinski definition) is 0. The van der Waals surface area contributed by atoms with E-state index in [1.807, 2.05) is 0 Å². The summed E-state index contributed by atoms with van der Waals surface area (Å²) in [4.78, 5) is 0. The van der Waals surface area contributed by atoms with Crippen LogP contribution < -0.4 is 0 Å². The average molecular weight is 741 g/mol. The van der Waals surface area contributed by atoms with Crippen LogP contribution in [0.2, 0.25) is 9.26 Å². The Balaban J connectivity index is 0.00000208. The molecule has 0 nitrogen and oxygen atoms in total. The first-order chi connectivity index (χ1) is 21.0. The molecule has 0 heterocycles. The molecule has 2 unspecified atom stereocenters. The normalized spacial score (nSPS) is 17.2. The Labute approximate surface area is 290 Å². The monoisotopic (exact) mass is 738 g/mol. The third kappa shape index (κ3) is 5.38. The Morgan fingerprint density at radius 2 is 1.20 bits per heavy atom. The predicted octanol–water partition coefficient (Wildman–Crippen LogP) is 12.2. The van der Waals surface area contributed by atoms with Crippen LogP contribution in [0.5, 0.6) is 0 Å². The van der Waals surface area contributed by atoms with Gasteiger partial charge in [-0.2, -0.15) is 0 Å². The number of aryl methyl sites for hydroxylation is 2. The molecule has 7 rings (SSSR count).